The van der Waals surface area contributed by atoms with Gasteiger partial charge in [-0.15, -0.1) is 10.2 Å². The Morgan fingerprint density at radius 3 is 2.50 bits per heavy atom. The van der Waals surface area contributed by atoms with Crippen LogP contribution < -0.4 is 5.32 Å². The number of nitrogens with one attached hydrogen (secondary N) is 1. The third-order valence-corrected chi connectivity index (χ3v) is 7.35. The topological polar surface area (TPSA) is 68.1 Å². The fraction of sp³-hybridized carbons (Fsp3) is 0.696. The molecule has 0 radical (unpaired) electrons. The summed E-state index contributed by atoms with van der Waals surface area (Å²) in [7, 11) is 1.94. The van der Waals surface area contributed by atoms with Gasteiger partial charge in [-0.05, 0) is 76.0 Å². The van der Waals surface area contributed by atoms with E-state index >= 15 is 0 Å². The van der Waals surface area contributed by atoms with Crippen molar-refractivity contribution in [2.45, 2.75) is 64.1 Å². The summed E-state index contributed by atoms with van der Waals surface area (Å²) < 4.78 is 7.78. The fourth-order valence-corrected chi connectivity index (χ4v) is 5.92. The van der Waals surface area contributed by atoms with Crippen LogP contribution in [0.4, 0.5) is 5.82 Å². The summed E-state index contributed by atoms with van der Waals surface area (Å²) in [4.78, 5) is 2.75. The summed E-state index contributed by atoms with van der Waals surface area (Å²) in [6, 6.07) is 5.30. The summed E-state index contributed by atoms with van der Waals surface area (Å²) in [6.45, 7) is 9.91. The van der Waals surface area contributed by atoms with Gasteiger partial charge < -0.3 is 10.1 Å². The number of hydrogen-bond acceptors (Lipinski definition) is 6. The highest BCUT2D eigenvalue weighted by atomic mass is 16.5. The molecular weight excluding hydrogens is 376 g/mol. The van der Waals surface area contributed by atoms with Crippen molar-refractivity contribution in [2.24, 2.45) is 18.9 Å². The molecule has 4 atom stereocenters. The van der Waals surface area contributed by atoms with E-state index in [4.69, 9.17) is 4.74 Å². The third kappa shape index (κ3) is 3.85. The molecule has 0 amide bonds. The van der Waals surface area contributed by atoms with Gasteiger partial charge in [0.05, 0.1) is 17.5 Å². The fourth-order valence-electron chi connectivity index (χ4n) is 5.92. The number of aromatic nitrogens is 4. The van der Waals surface area contributed by atoms with E-state index < -0.39 is 0 Å². The molecule has 0 aromatic carbocycles. The van der Waals surface area contributed by atoms with E-state index in [0.29, 0.717) is 12.1 Å². The molecule has 0 spiro atoms. The largest absolute Gasteiger partial charge is 0.375 e. The number of nitrogens with zero attached hydrogens (tertiary/aromatic N) is 5. The average Bonchev–Trinajstić information content (AvgIpc) is 3.35. The van der Waals surface area contributed by atoms with Gasteiger partial charge in [-0.25, -0.2) is 0 Å². The van der Waals surface area contributed by atoms with Crippen molar-refractivity contribution in [3.63, 3.8) is 0 Å². The quantitative estimate of drug-likeness (QED) is 0.834. The molecule has 5 rings (SSSR count). The normalized spacial score (nSPS) is 31.1. The van der Waals surface area contributed by atoms with Gasteiger partial charge in [0.1, 0.15) is 11.5 Å². The lowest BCUT2D eigenvalue weighted by Crippen LogP contribution is -2.45. The predicted octanol–water partition coefficient (Wildman–Crippen LogP) is 3.27. The van der Waals surface area contributed by atoms with Crippen molar-refractivity contribution in [3.05, 3.63) is 23.9 Å². The maximum absolute atomic E-state index is 5.92. The van der Waals surface area contributed by atoms with E-state index in [2.05, 4.69) is 52.4 Å². The number of likely N-dealkylation sites (tertiary alicyclic amines) is 1. The van der Waals surface area contributed by atoms with Crippen LogP contribution in [0.3, 0.4) is 0 Å². The number of fused-ring (bicyclic) bond motifs is 1. The molecule has 1 N–H and O–H groups in total. The Morgan fingerprint density at radius 2 is 1.90 bits per heavy atom. The van der Waals surface area contributed by atoms with Crippen LogP contribution in [0.1, 0.15) is 45.1 Å². The molecule has 7 nitrogen and oxygen atoms in total. The van der Waals surface area contributed by atoms with Crippen LogP contribution in [0.25, 0.3) is 11.4 Å². The van der Waals surface area contributed by atoms with Gasteiger partial charge in [-0.3, -0.25) is 9.58 Å². The first kappa shape index (κ1) is 19.9. The van der Waals surface area contributed by atoms with Crippen LogP contribution in [0, 0.1) is 18.8 Å². The molecule has 4 heterocycles. The summed E-state index contributed by atoms with van der Waals surface area (Å²) in [5, 5.41) is 16.8. The molecule has 1 aliphatic carbocycles. The smallest absolute Gasteiger partial charge is 0.148 e. The van der Waals surface area contributed by atoms with Crippen LogP contribution in [0.15, 0.2) is 18.3 Å². The molecule has 162 valence electrons. The van der Waals surface area contributed by atoms with Gasteiger partial charge >= 0.3 is 0 Å². The predicted molar refractivity (Wildman–Crippen MR) is 117 cm³/mol. The summed E-state index contributed by atoms with van der Waals surface area (Å²) in [5.74, 6) is 2.49. The number of hydrogen-bond donors (Lipinski definition) is 1. The van der Waals surface area contributed by atoms with E-state index in [1.807, 2.05) is 24.0 Å². The molecule has 2 saturated heterocycles. The molecule has 1 unspecified atom stereocenters. The van der Waals surface area contributed by atoms with Crippen molar-refractivity contribution >= 4 is 5.82 Å². The number of aryl methyl sites for hydroxylation is 2. The second kappa shape index (κ2) is 7.61. The molecule has 1 saturated carbocycles. The SMILES string of the molecule is Cc1cnn(C)c1-c1ccc(N[C@H]2C[C@@H]3CN(C4CCOC(C)(C)C4)C[C@@H]3C2)nn1. The minimum atomic E-state index is 0.0313. The van der Waals surface area contributed by atoms with E-state index in [9.17, 15) is 0 Å². The van der Waals surface area contributed by atoms with Crippen molar-refractivity contribution in [1.82, 2.24) is 24.9 Å². The van der Waals surface area contributed by atoms with Crippen molar-refractivity contribution < 1.29 is 4.74 Å². The van der Waals surface area contributed by atoms with E-state index in [1.165, 1.54) is 32.4 Å². The minimum absolute atomic E-state index is 0.0313. The lowest BCUT2D eigenvalue weighted by molar-refractivity contribution is -0.0811. The molecule has 2 aromatic rings. The van der Waals surface area contributed by atoms with Crippen LogP contribution in [-0.4, -0.2) is 62.3 Å². The van der Waals surface area contributed by atoms with Crippen LogP contribution in [-0.2, 0) is 11.8 Å². The highest BCUT2D eigenvalue weighted by Gasteiger charge is 2.44. The van der Waals surface area contributed by atoms with E-state index in [0.717, 1.165) is 47.6 Å². The number of rotatable bonds is 4. The van der Waals surface area contributed by atoms with Crippen molar-refractivity contribution in [2.75, 3.05) is 25.0 Å². The monoisotopic (exact) mass is 410 g/mol. The van der Waals surface area contributed by atoms with Crippen LogP contribution in [0.5, 0.6) is 0 Å². The summed E-state index contributed by atoms with van der Waals surface area (Å²) >= 11 is 0. The number of anilines is 1. The lowest BCUT2D eigenvalue weighted by atomic mass is 9.93. The Balaban J connectivity index is 1.17. The van der Waals surface area contributed by atoms with Gasteiger partial charge in [0, 0.05) is 38.8 Å². The Kier molecular flexibility index (Phi) is 5.06. The van der Waals surface area contributed by atoms with E-state index in [-0.39, 0.29) is 5.60 Å². The summed E-state index contributed by atoms with van der Waals surface area (Å²) in [5.41, 5.74) is 3.05. The zero-order valence-electron chi connectivity index (χ0n) is 18.6. The zero-order valence-corrected chi connectivity index (χ0v) is 18.6. The second-order valence-corrected chi connectivity index (χ2v) is 10.1. The van der Waals surface area contributed by atoms with E-state index in [1.54, 1.807) is 0 Å². The molecule has 30 heavy (non-hydrogen) atoms. The Labute approximate surface area is 179 Å². The third-order valence-electron chi connectivity index (χ3n) is 7.35. The Morgan fingerprint density at radius 1 is 1.13 bits per heavy atom. The molecule has 3 aliphatic rings. The first-order valence-corrected chi connectivity index (χ1v) is 11.4. The van der Waals surface area contributed by atoms with Gasteiger partial charge in [-0.2, -0.15) is 5.10 Å². The summed E-state index contributed by atoms with van der Waals surface area (Å²) in [6.07, 6.45) is 6.68. The van der Waals surface area contributed by atoms with Crippen LogP contribution in [0.2, 0.25) is 0 Å². The molecule has 7 heteroatoms. The second-order valence-electron chi connectivity index (χ2n) is 10.1. The highest BCUT2D eigenvalue weighted by Crippen LogP contribution is 2.41. The molecule has 3 fully saturated rings. The van der Waals surface area contributed by atoms with Crippen LogP contribution >= 0.6 is 0 Å². The molecule has 0 bridgehead atoms. The van der Waals surface area contributed by atoms with Gasteiger partial charge in [0.2, 0.25) is 0 Å². The molecular formula is C23H34N6O. The lowest BCUT2D eigenvalue weighted by Gasteiger charge is -2.40. The highest BCUT2D eigenvalue weighted by molar-refractivity contribution is 5.59. The standard InChI is InChI=1S/C23H34N6O/c1-15-12-24-28(4)22(15)20-5-6-21(27-26-20)25-18-9-16-13-29(14-17(16)10-18)19-7-8-30-23(2,3)11-19/h5-6,12,16-19H,7-11,13-14H2,1-4H3,(H,25,27)/t16-,17+,18+,19?. The maximum atomic E-state index is 5.92. The average molecular weight is 411 g/mol. The van der Waals surface area contributed by atoms with Gasteiger partial charge in [-0.1, -0.05) is 0 Å². The molecule has 2 aromatic heterocycles. The van der Waals surface area contributed by atoms with Gasteiger partial charge in [0.15, 0.2) is 0 Å². The molecule has 2 aliphatic heterocycles. The maximum Gasteiger partial charge on any atom is 0.148 e. The first-order chi connectivity index (χ1) is 14.4. The first-order valence-electron chi connectivity index (χ1n) is 11.4. The van der Waals surface area contributed by atoms with Gasteiger partial charge in [0.25, 0.3) is 0 Å². The van der Waals surface area contributed by atoms with Crippen molar-refractivity contribution in [1.29, 1.82) is 0 Å². The van der Waals surface area contributed by atoms with Crippen molar-refractivity contribution in [3.8, 4) is 11.4 Å². The number of ether oxygens (including phenoxy) is 1. The Hall–Kier alpha value is -1.99. The zero-order chi connectivity index (χ0) is 20.9. The Bertz CT molecular complexity index is 858. The minimum Gasteiger partial charge on any atom is -0.375 e.